The first-order chi connectivity index (χ1) is 23.7. The number of hydrogen-bond donors (Lipinski definition) is 6. The van der Waals surface area contributed by atoms with E-state index in [0.717, 1.165) is 24.8 Å². The van der Waals surface area contributed by atoms with Crippen molar-refractivity contribution in [2.24, 2.45) is 0 Å². The van der Waals surface area contributed by atoms with Crippen LogP contribution in [-0.2, 0) is 38.2 Å². The van der Waals surface area contributed by atoms with E-state index in [2.05, 4.69) is 22.0 Å². The number of nitrogens with zero attached hydrogens (tertiary/aromatic N) is 1. The van der Waals surface area contributed by atoms with Crippen LogP contribution in [0.5, 0.6) is 5.75 Å². The van der Waals surface area contributed by atoms with Gasteiger partial charge in [0.05, 0.1) is 39.5 Å². The number of carbonyl (C=O) groups excluding carboxylic acids is 4. The fraction of sp³-hybridized carbons (Fsp3) is 0.529. The molecule has 2 aliphatic heterocycles. The largest absolute Gasteiger partial charge is 0.497 e. The number of methoxy groups -OCH3 is 1. The third kappa shape index (κ3) is 12.7. The molecule has 0 aromatic heterocycles. The first-order valence-electron chi connectivity index (χ1n) is 16.2. The number of nitrogens with one attached hydrogen (secondary N) is 3. The highest BCUT2D eigenvalue weighted by atomic mass is 16.6. The van der Waals surface area contributed by atoms with Crippen LogP contribution in [0.2, 0.25) is 0 Å². The van der Waals surface area contributed by atoms with Crippen molar-refractivity contribution in [3.05, 3.63) is 53.6 Å². The summed E-state index contributed by atoms with van der Waals surface area (Å²) >= 11 is 0. The Hall–Kier alpha value is -4.64. The summed E-state index contributed by atoms with van der Waals surface area (Å²) in [5, 5.41) is 35.0. The molecule has 274 valence electrons. The molecule has 0 saturated carbocycles. The summed E-state index contributed by atoms with van der Waals surface area (Å²) in [4.78, 5) is 73.9. The number of benzene rings is 1. The van der Waals surface area contributed by atoms with E-state index >= 15 is 0 Å². The van der Waals surface area contributed by atoms with E-state index < -0.39 is 53.6 Å². The Kier molecular flexibility index (Phi) is 15.1. The monoisotopic (exact) mass is 702 g/mol. The number of Topliss-reactive ketones (excluding diaryl/α,β-unsaturated/α-hetero) is 1. The Labute approximate surface area is 289 Å². The van der Waals surface area contributed by atoms with E-state index in [4.69, 9.17) is 24.4 Å². The number of ether oxygens (including phenoxy) is 3. The Morgan fingerprint density at radius 1 is 0.980 bits per heavy atom. The molecule has 2 fully saturated rings. The standard InChI is InChI=1S/C30H42N4O8.C4H4O4/c1-19(31-24(35)17-34-12-14-41-15-13-34)28(38)33-25(26(36)21-8-10-22(40-3)11-9-21)29(39)32-23(16-20-6-4-5-7-20)27(37)30(2)18-42-30;5-3(6)1-2-4(7)8/h6,8-11,19,23,25-26,36H,4-5,7,12-18H2,1-3H3,(H,31,35)(H,32,39)(H,33,38);1-2H,(H,5,6)(H,7,8)/b;2-1+/t19-,23-,25-,26+,30+;/m0./s1. The molecule has 3 amide bonds. The number of carboxylic acids is 2. The topological polar surface area (TPSA) is 233 Å². The van der Waals surface area contributed by atoms with Gasteiger partial charge in [-0.15, -0.1) is 0 Å². The Morgan fingerprint density at radius 3 is 2.12 bits per heavy atom. The van der Waals surface area contributed by atoms with Gasteiger partial charge in [0.1, 0.15) is 29.5 Å². The number of morpholine rings is 1. The number of carbonyl (C=O) groups is 6. The number of ketones is 1. The molecule has 0 bridgehead atoms. The third-order valence-electron chi connectivity index (χ3n) is 8.30. The van der Waals surface area contributed by atoms with E-state index in [9.17, 15) is 33.9 Å². The molecule has 1 aliphatic carbocycles. The smallest absolute Gasteiger partial charge is 0.328 e. The van der Waals surface area contributed by atoms with E-state index in [0.29, 0.717) is 56.2 Å². The lowest BCUT2D eigenvalue weighted by molar-refractivity contribution is -0.136. The molecule has 50 heavy (non-hydrogen) atoms. The minimum absolute atomic E-state index is 0.111. The minimum Gasteiger partial charge on any atom is -0.497 e. The van der Waals surface area contributed by atoms with Crippen LogP contribution < -0.4 is 20.7 Å². The highest BCUT2D eigenvalue weighted by Crippen LogP contribution is 2.31. The van der Waals surface area contributed by atoms with Gasteiger partial charge in [0.25, 0.3) is 0 Å². The average Bonchev–Trinajstić information content (AvgIpc) is 3.63. The number of amides is 3. The summed E-state index contributed by atoms with van der Waals surface area (Å²) in [7, 11) is 1.51. The van der Waals surface area contributed by atoms with Crippen LogP contribution in [0.3, 0.4) is 0 Å². The third-order valence-corrected chi connectivity index (χ3v) is 8.30. The molecule has 0 radical (unpaired) electrons. The number of aliphatic hydroxyl groups is 1. The molecule has 1 aromatic carbocycles. The van der Waals surface area contributed by atoms with Gasteiger partial charge in [0.2, 0.25) is 17.7 Å². The Balaban J connectivity index is 0.000000753. The van der Waals surface area contributed by atoms with E-state index in [1.54, 1.807) is 31.2 Å². The number of rotatable bonds is 16. The van der Waals surface area contributed by atoms with Crippen molar-refractivity contribution in [3.8, 4) is 5.75 Å². The predicted molar refractivity (Wildman–Crippen MR) is 177 cm³/mol. The number of allylic oxidation sites excluding steroid dienone is 1. The molecular weight excluding hydrogens is 656 g/mol. The summed E-state index contributed by atoms with van der Waals surface area (Å²) in [6.45, 7) is 5.88. The van der Waals surface area contributed by atoms with Crippen molar-refractivity contribution in [1.82, 2.24) is 20.9 Å². The molecule has 5 atom stereocenters. The second-order valence-electron chi connectivity index (χ2n) is 12.3. The molecule has 16 nitrogen and oxygen atoms in total. The minimum atomic E-state index is -1.45. The maximum Gasteiger partial charge on any atom is 0.328 e. The average molecular weight is 703 g/mol. The lowest BCUT2D eigenvalue weighted by Crippen LogP contribution is -2.58. The molecule has 6 N–H and O–H groups in total. The highest BCUT2D eigenvalue weighted by Gasteiger charge is 2.50. The molecule has 1 aromatic rings. The van der Waals surface area contributed by atoms with Crippen LogP contribution in [0.25, 0.3) is 0 Å². The van der Waals surface area contributed by atoms with Gasteiger partial charge >= 0.3 is 11.9 Å². The second-order valence-corrected chi connectivity index (χ2v) is 12.3. The zero-order valence-corrected chi connectivity index (χ0v) is 28.4. The van der Waals surface area contributed by atoms with Crippen LogP contribution in [-0.4, -0.2) is 126 Å². The number of aliphatic hydroxyl groups excluding tert-OH is 1. The maximum absolute atomic E-state index is 13.7. The number of carboxylic acid groups (broad SMARTS) is 2. The summed E-state index contributed by atoms with van der Waals surface area (Å²) in [5.74, 6) is -3.93. The van der Waals surface area contributed by atoms with Crippen LogP contribution in [0.4, 0.5) is 0 Å². The lowest BCUT2D eigenvalue weighted by atomic mass is 9.93. The van der Waals surface area contributed by atoms with Crippen LogP contribution in [0.15, 0.2) is 48.1 Å². The van der Waals surface area contributed by atoms with Gasteiger partial charge in [-0.2, -0.15) is 0 Å². The molecule has 16 heteroatoms. The fourth-order valence-corrected chi connectivity index (χ4v) is 5.29. The second kappa shape index (κ2) is 18.9. The first kappa shape index (κ1) is 39.8. The van der Waals surface area contributed by atoms with Crippen molar-refractivity contribution in [1.29, 1.82) is 0 Å². The highest BCUT2D eigenvalue weighted by molar-refractivity contribution is 5.99. The number of aliphatic carboxylic acids is 2. The van der Waals surface area contributed by atoms with Gasteiger partial charge in [0, 0.05) is 25.2 Å². The Bertz CT molecular complexity index is 1420. The van der Waals surface area contributed by atoms with Crippen molar-refractivity contribution >= 4 is 35.4 Å². The Morgan fingerprint density at radius 2 is 1.60 bits per heavy atom. The van der Waals surface area contributed by atoms with E-state index in [-0.39, 0.29) is 24.8 Å². The molecule has 3 aliphatic rings. The first-order valence-corrected chi connectivity index (χ1v) is 16.2. The molecule has 2 heterocycles. The molecule has 0 unspecified atom stereocenters. The number of epoxide rings is 1. The predicted octanol–water partition coefficient (Wildman–Crippen LogP) is 0.105. The molecular formula is C34H46N4O12. The summed E-state index contributed by atoms with van der Waals surface area (Å²) < 4.78 is 15.9. The SMILES string of the molecule is COc1ccc([C@@H](O)[C@H](NC(=O)[C@H](C)NC(=O)CN2CCOCC2)C(=O)N[C@@H](CC2=CCCC2)C(=O)[C@@]2(C)CO2)cc1.O=C(O)/C=C/C(=O)O. The number of hydrogen-bond acceptors (Lipinski definition) is 11. The molecule has 2 saturated heterocycles. The van der Waals surface area contributed by atoms with Gasteiger partial charge in [-0.25, -0.2) is 9.59 Å². The van der Waals surface area contributed by atoms with Gasteiger partial charge in [-0.1, -0.05) is 23.8 Å². The van der Waals surface area contributed by atoms with Gasteiger partial charge in [0.15, 0.2) is 5.78 Å². The molecule has 4 rings (SSSR count). The summed E-state index contributed by atoms with van der Waals surface area (Å²) in [6, 6.07) is 3.12. The lowest BCUT2D eigenvalue weighted by Gasteiger charge is -2.29. The quantitative estimate of drug-likeness (QED) is 0.0764. The van der Waals surface area contributed by atoms with Crippen LogP contribution in [0, 0.1) is 0 Å². The van der Waals surface area contributed by atoms with Crippen LogP contribution >= 0.6 is 0 Å². The van der Waals surface area contributed by atoms with Crippen molar-refractivity contribution in [2.75, 3.05) is 46.6 Å². The van der Waals surface area contributed by atoms with Gasteiger partial charge in [-0.05, 0) is 57.2 Å². The van der Waals surface area contributed by atoms with Crippen LogP contribution in [0.1, 0.15) is 51.2 Å². The summed E-state index contributed by atoms with van der Waals surface area (Å²) in [5.41, 5.74) is 0.467. The van der Waals surface area contributed by atoms with Gasteiger partial charge in [-0.3, -0.25) is 24.1 Å². The van der Waals surface area contributed by atoms with Crippen molar-refractivity contribution in [2.45, 2.75) is 69.4 Å². The summed E-state index contributed by atoms with van der Waals surface area (Å²) in [6.07, 6.45) is 4.82. The van der Waals surface area contributed by atoms with Crippen molar-refractivity contribution in [3.63, 3.8) is 0 Å². The molecule has 0 spiro atoms. The van der Waals surface area contributed by atoms with E-state index in [1.165, 1.54) is 14.0 Å². The zero-order valence-electron chi connectivity index (χ0n) is 28.4. The fourth-order valence-electron chi connectivity index (χ4n) is 5.29. The zero-order chi connectivity index (χ0) is 36.8. The normalized spacial score (nSPS) is 20.9. The van der Waals surface area contributed by atoms with Gasteiger partial charge < -0.3 is 45.5 Å². The van der Waals surface area contributed by atoms with E-state index in [1.807, 2.05) is 4.90 Å². The maximum atomic E-state index is 13.7. The van der Waals surface area contributed by atoms with Crippen molar-refractivity contribution < 1.29 is 58.3 Å².